The van der Waals surface area contributed by atoms with Crippen molar-refractivity contribution in [1.29, 1.82) is 0 Å². The summed E-state index contributed by atoms with van der Waals surface area (Å²) in [4.78, 5) is 57.3. The molecule has 0 spiro atoms. The normalized spacial score (nSPS) is 13.1. The summed E-state index contributed by atoms with van der Waals surface area (Å²) < 4.78 is 4.67. The average Bonchev–Trinajstić information content (AvgIpc) is 3.69. The summed E-state index contributed by atoms with van der Waals surface area (Å²) in [5.74, 6) is -3.46. The third-order valence-corrected chi connectivity index (χ3v) is 5.77. The Balaban J connectivity index is 0.000000361. The van der Waals surface area contributed by atoms with Crippen LogP contribution in [0.1, 0.15) is 36.2 Å². The van der Waals surface area contributed by atoms with E-state index in [1.165, 1.54) is 24.8 Å². The SMILES string of the molecule is NCCCC[C@H](N)C(=O)O.N[C@@H](Cc1c[nH]cn1)C(=O)OC(=O)[C@@H](N)Cc1c[nH]cn1.N[C@@H](Cc1ccc(O)cc1)C(=O)O. The fourth-order valence-electron chi connectivity index (χ4n) is 3.28. The zero-order valence-corrected chi connectivity index (χ0v) is 24.0. The number of phenolic OH excluding ortho intramolecular Hbond substituents is 1. The van der Waals surface area contributed by atoms with E-state index in [4.69, 9.17) is 44.0 Å². The lowest BCUT2D eigenvalue weighted by atomic mass is 10.1. The lowest BCUT2D eigenvalue weighted by molar-refractivity contribution is -0.161. The quantitative estimate of drug-likeness (QED) is 0.0558. The van der Waals surface area contributed by atoms with Gasteiger partial charge in [-0.2, -0.15) is 0 Å². The van der Waals surface area contributed by atoms with E-state index in [0.717, 1.165) is 18.4 Å². The second-order valence-corrected chi connectivity index (χ2v) is 9.53. The number of carbonyl (C=O) groups is 4. The van der Waals surface area contributed by atoms with Gasteiger partial charge in [-0.3, -0.25) is 9.59 Å². The highest BCUT2D eigenvalue weighted by Gasteiger charge is 2.24. The Labute approximate surface area is 253 Å². The standard InChI is InChI=1S/C12H16N6O3.C9H11NO3.C6H14N2O2/c13-9(1-7-3-15-5-17-7)11(19)21-12(20)10(14)2-8-4-16-6-18-8;10-8(9(12)13)5-6-1-3-7(11)4-2-6;7-4-2-1-3-5(8)6(9)10/h3-6,9-10H,1-2,13-14H2,(H,15,17)(H,16,18);1-4,8,11H,5,10H2,(H,12,13);5H,1-4,7-8H2,(H,9,10)/t9-,10-;8-;5-/m000/s1. The first-order chi connectivity index (χ1) is 20.8. The predicted molar refractivity (Wildman–Crippen MR) is 158 cm³/mol. The van der Waals surface area contributed by atoms with E-state index in [9.17, 15) is 19.2 Å². The first-order valence-electron chi connectivity index (χ1n) is 13.5. The van der Waals surface area contributed by atoms with Crippen molar-refractivity contribution in [3.63, 3.8) is 0 Å². The molecule has 3 aromatic rings. The Bertz CT molecular complexity index is 1200. The molecule has 0 radical (unpaired) electrons. The minimum Gasteiger partial charge on any atom is -0.508 e. The molecule has 242 valence electrons. The van der Waals surface area contributed by atoms with Crippen LogP contribution < -0.4 is 28.7 Å². The molecule has 2 aromatic heterocycles. The van der Waals surface area contributed by atoms with Crippen LogP contribution in [0.25, 0.3) is 0 Å². The number of benzene rings is 1. The second-order valence-electron chi connectivity index (χ2n) is 9.53. The van der Waals surface area contributed by atoms with Crippen molar-refractivity contribution in [2.24, 2.45) is 28.7 Å². The number of rotatable bonds is 14. The lowest BCUT2D eigenvalue weighted by Gasteiger charge is -2.12. The molecule has 2 heterocycles. The van der Waals surface area contributed by atoms with Gasteiger partial charge in [0.1, 0.15) is 29.9 Å². The summed E-state index contributed by atoms with van der Waals surface area (Å²) in [6.45, 7) is 0.604. The summed E-state index contributed by atoms with van der Waals surface area (Å²) in [5.41, 5.74) is 29.1. The van der Waals surface area contributed by atoms with Gasteiger partial charge >= 0.3 is 23.9 Å². The third kappa shape index (κ3) is 15.5. The molecule has 44 heavy (non-hydrogen) atoms. The van der Waals surface area contributed by atoms with E-state index in [2.05, 4.69) is 24.7 Å². The van der Waals surface area contributed by atoms with Crippen LogP contribution in [0.2, 0.25) is 0 Å². The van der Waals surface area contributed by atoms with Crippen molar-refractivity contribution in [3.8, 4) is 5.75 Å². The van der Waals surface area contributed by atoms with Crippen LogP contribution in [0, 0.1) is 0 Å². The number of hydrogen-bond donors (Lipinski definition) is 10. The van der Waals surface area contributed by atoms with Crippen molar-refractivity contribution in [3.05, 3.63) is 66.3 Å². The molecule has 3 rings (SSSR count). The molecule has 0 saturated heterocycles. The number of carbonyl (C=O) groups excluding carboxylic acids is 2. The molecule has 0 unspecified atom stereocenters. The van der Waals surface area contributed by atoms with Crippen molar-refractivity contribution >= 4 is 23.9 Å². The summed E-state index contributed by atoms with van der Waals surface area (Å²) in [6.07, 6.45) is 8.94. The lowest BCUT2D eigenvalue weighted by Crippen LogP contribution is -2.41. The maximum absolute atomic E-state index is 11.7. The molecule has 4 atom stereocenters. The Kier molecular flexibility index (Phi) is 17.2. The number of aliphatic carboxylic acids is 2. The van der Waals surface area contributed by atoms with Crippen molar-refractivity contribution in [1.82, 2.24) is 19.9 Å². The molecular weight excluding hydrogens is 578 g/mol. The monoisotopic (exact) mass is 619 g/mol. The molecule has 0 fully saturated rings. The van der Waals surface area contributed by atoms with Gasteiger partial charge in [-0.1, -0.05) is 18.6 Å². The van der Waals surface area contributed by atoms with Crippen molar-refractivity contribution in [2.45, 2.75) is 62.7 Å². The van der Waals surface area contributed by atoms with Gasteiger partial charge in [0.15, 0.2) is 0 Å². The number of nitrogens with one attached hydrogen (secondary N) is 2. The van der Waals surface area contributed by atoms with Gasteiger partial charge in [0, 0.05) is 25.2 Å². The fraction of sp³-hybridized carbons (Fsp3) is 0.407. The molecule has 1 aromatic carbocycles. The molecule has 0 aliphatic heterocycles. The number of imidazole rings is 2. The minimum absolute atomic E-state index is 0.160. The zero-order chi connectivity index (χ0) is 33.1. The number of carboxylic acid groups (broad SMARTS) is 2. The molecule has 0 aliphatic rings. The van der Waals surface area contributed by atoms with Gasteiger partial charge in [0.2, 0.25) is 0 Å². The van der Waals surface area contributed by atoms with Crippen LogP contribution in [-0.4, -0.2) is 89.8 Å². The smallest absolute Gasteiger partial charge is 0.330 e. The Morgan fingerprint density at radius 3 is 1.59 bits per heavy atom. The number of aromatic nitrogens is 4. The van der Waals surface area contributed by atoms with Crippen LogP contribution in [0.15, 0.2) is 49.3 Å². The molecule has 15 N–H and O–H groups in total. The van der Waals surface area contributed by atoms with Gasteiger partial charge in [-0.05, 0) is 43.5 Å². The van der Waals surface area contributed by atoms with Gasteiger partial charge < -0.3 is 58.7 Å². The number of nitrogens with two attached hydrogens (primary N) is 5. The molecule has 0 bridgehead atoms. The molecule has 0 aliphatic carbocycles. The Morgan fingerprint density at radius 1 is 0.727 bits per heavy atom. The van der Waals surface area contributed by atoms with Gasteiger partial charge in [0.05, 0.1) is 24.0 Å². The highest BCUT2D eigenvalue weighted by molar-refractivity contribution is 5.90. The number of phenols is 1. The predicted octanol–water partition coefficient (Wildman–Crippen LogP) is -1.48. The summed E-state index contributed by atoms with van der Waals surface area (Å²) in [5, 5.41) is 25.8. The van der Waals surface area contributed by atoms with Crippen LogP contribution >= 0.6 is 0 Å². The van der Waals surface area contributed by atoms with Crippen LogP contribution in [0.4, 0.5) is 0 Å². The Morgan fingerprint density at radius 2 is 1.20 bits per heavy atom. The number of nitrogens with zero attached hydrogens (tertiary/aromatic N) is 2. The zero-order valence-electron chi connectivity index (χ0n) is 24.0. The van der Waals surface area contributed by atoms with E-state index in [1.807, 2.05) is 0 Å². The van der Waals surface area contributed by atoms with E-state index in [0.29, 0.717) is 24.4 Å². The number of unbranched alkanes of at least 4 members (excludes halogenated alkanes) is 1. The number of esters is 2. The average molecular weight is 620 g/mol. The first kappa shape index (κ1) is 37.3. The second kappa shape index (κ2) is 20.3. The van der Waals surface area contributed by atoms with Gasteiger partial charge in [-0.15, -0.1) is 0 Å². The van der Waals surface area contributed by atoms with Gasteiger partial charge in [0.25, 0.3) is 0 Å². The molecular formula is C27H41N9O8. The van der Waals surface area contributed by atoms with E-state index in [-0.39, 0.29) is 25.0 Å². The highest BCUT2D eigenvalue weighted by atomic mass is 16.6. The Hall–Kier alpha value is -4.68. The number of carboxylic acids is 2. The summed E-state index contributed by atoms with van der Waals surface area (Å²) in [7, 11) is 0. The highest BCUT2D eigenvalue weighted by Crippen LogP contribution is 2.10. The largest absolute Gasteiger partial charge is 0.508 e. The third-order valence-electron chi connectivity index (χ3n) is 5.77. The number of aromatic hydroxyl groups is 1. The topological polar surface area (TPSA) is 326 Å². The van der Waals surface area contributed by atoms with E-state index >= 15 is 0 Å². The minimum atomic E-state index is -1.02. The molecule has 17 nitrogen and oxygen atoms in total. The molecule has 0 amide bonds. The van der Waals surface area contributed by atoms with Crippen LogP contribution in [-0.2, 0) is 43.2 Å². The first-order valence-corrected chi connectivity index (χ1v) is 13.5. The number of hydrogen-bond acceptors (Lipinski definition) is 13. The maximum Gasteiger partial charge on any atom is 0.330 e. The number of ether oxygens (including phenoxy) is 1. The van der Waals surface area contributed by atoms with Crippen LogP contribution in [0.5, 0.6) is 5.75 Å². The maximum atomic E-state index is 11.7. The molecule has 0 saturated carbocycles. The van der Waals surface area contributed by atoms with Crippen LogP contribution in [0.3, 0.4) is 0 Å². The van der Waals surface area contributed by atoms with Crippen molar-refractivity contribution in [2.75, 3.05) is 6.54 Å². The summed E-state index contributed by atoms with van der Waals surface area (Å²) in [6, 6.07) is 2.75. The summed E-state index contributed by atoms with van der Waals surface area (Å²) >= 11 is 0. The fourth-order valence-corrected chi connectivity index (χ4v) is 3.28. The molecule has 17 heteroatoms. The van der Waals surface area contributed by atoms with Crippen molar-refractivity contribution < 1.29 is 39.2 Å². The van der Waals surface area contributed by atoms with E-state index in [1.54, 1.807) is 24.5 Å². The number of aromatic amines is 2. The number of H-pyrrole nitrogens is 2. The van der Waals surface area contributed by atoms with E-state index < -0.39 is 48.0 Å². The van der Waals surface area contributed by atoms with Gasteiger partial charge in [-0.25, -0.2) is 19.6 Å².